The van der Waals surface area contributed by atoms with E-state index < -0.39 is 34.0 Å². The Bertz CT molecular complexity index is 1040. The molecule has 1 saturated heterocycles. The molecule has 0 unspecified atom stereocenters. The van der Waals surface area contributed by atoms with Gasteiger partial charge in [0.05, 0.1) is 18.7 Å². The fourth-order valence-corrected chi connectivity index (χ4v) is 6.33. The van der Waals surface area contributed by atoms with Crippen LogP contribution in [-0.2, 0) is 19.6 Å². The summed E-state index contributed by atoms with van der Waals surface area (Å²) in [6.45, 7) is 0.308. The molecule has 186 valence electrons. The van der Waals surface area contributed by atoms with Gasteiger partial charge in [-0.1, -0.05) is 32.1 Å². The maximum Gasteiger partial charge on any atom is 0.338 e. The average molecular weight is 492 g/mol. The minimum Gasteiger partial charge on any atom is -0.495 e. The normalized spacial score (nSPS) is 18.9. The van der Waals surface area contributed by atoms with E-state index in [2.05, 4.69) is 6.07 Å². The molecule has 1 aromatic rings. The summed E-state index contributed by atoms with van der Waals surface area (Å²) < 4.78 is 38.5. The molecule has 1 heterocycles. The molecular weight excluding hydrogens is 458 g/mol. The topological polar surface area (TPSA) is 117 Å². The molecule has 10 heteroatoms. The van der Waals surface area contributed by atoms with E-state index in [4.69, 9.17) is 9.47 Å². The maximum atomic E-state index is 13.3. The van der Waals surface area contributed by atoms with Crippen LogP contribution in [0.3, 0.4) is 0 Å². The van der Waals surface area contributed by atoms with Gasteiger partial charge in [-0.2, -0.15) is 9.57 Å². The molecule has 0 bridgehead atoms. The van der Waals surface area contributed by atoms with E-state index in [1.807, 2.05) is 0 Å². The molecule has 2 fully saturated rings. The molecule has 9 nitrogen and oxygen atoms in total. The van der Waals surface area contributed by atoms with Crippen molar-refractivity contribution < 1.29 is 27.5 Å². The second-order valence-corrected chi connectivity index (χ2v) is 10.8. The molecule has 1 aliphatic heterocycles. The Hall–Kier alpha value is -2.64. The van der Waals surface area contributed by atoms with Crippen molar-refractivity contribution in [3.63, 3.8) is 0 Å². The van der Waals surface area contributed by atoms with Crippen molar-refractivity contribution in [3.05, 3.63) is 23.8 Å². The summed E-state index contributed by atoms with van der Waals surface area (Å²) in [5, 5.41) is 9.67. The summed E-state index contributed by atoms with van der Waals surface area (Å²) >= 11 is 0. The Morgan fingerprint density at radius 1 is 1.09 bits per heavy atom. The number of ether oxygens (including phenoxy) is 2. The number of hydrogen-bond donors (Lipinski definition) is 0. The Balaban J connectivity index is 1.74. The Morgan fingerprint density at radius 3 is 2.29 bits per heavy atom. The Labute approximate surface area is 201 Å². The first-order valence-electron chi connectivity index (χ1n) is 11.8. The van der Waals surface area contributed by atoms with E-state index in [1.165, 1.54) is 34.5 Å². The number of nitriles is 1. The van der Waals surface area contributed by atoms with Gasteiger partial charge in [-0.05, 0) is 43.9 Å². The summed E-state index contributed by atoms with van der Waals surface area (Å²) in [6, 6.07) is 6.34. The van der Waals surface area contributed by atoms with Crippen LogP contribution in [0.1, 0.15) is 68.1 Å². The summed E-state index contributed by atoms with van der Waals surface area (Å²) in [5.41, 5.74) is -0.867. The molecule has 2 aliphatic rings. The summed E-state index contributed by atoms with van der Waals surface area (Å²) in [6.07, 6.45) is 7.46. The SMILES string of the molecule is COc1ccc(C(=O)OCC(=O)N(C)C2(C#N)CCCCC2)cc1S(=O)(=O)N1CCCCCC1. The van der Waals surface area contributed by atoms with E-state index >= 15 is 0 Å². The second-order valence-electron chi connectivity index (χ2n) is 8.92. The first-order valence-corrected chi connectivity index (χ1v) is 13.2. The molecule has 0 spiro atoms. The number of hydrogen-bond acceptors (Lipinski definition) is 7. The fraction of sp³-hybridized carbons (Fsp3) is 0.625. The molecule has 0 aromatic heterocycles. The van der Waals surface area contributed by atoms with Gasteiger partial charge in [0, 0.05) is 20.1 Å². The van der Waals surface area contributed by atoms with Crippen LogP contribution in [0, 0.1) is 11.3 Å². The van der Waals surface area contributed by atoms with Gasteiger partial charge in [0.2, 0.25) is 10.0 Å². The van der Waals surface area contributed by atoms with Crippen LogP contribution in [0.25, 0.3) is 0 Å². The highest BCUT2D eigenvalue weighted by Crippen LogP contribution is 2.33. The van der Waals surface area contributed by atoms with Gasteiger partial charge in [0.25, 0.3) is 5.91 Å². The van der Waals surface area contributed by atoms with Gasteiger partial charge >= 0.3 is 5.97 Å². The highest BCUT2D eigenvalue weighted by molar-refractivity contribution is 7.89. The first-order chi connectivity index (χ1) is 16.2. The van der Waals surface area contributed by atoms with E-state index in [-0.39, 0.29) is 16.2 Å². The molecule has 1 amide bonds. The number of carbonyl (C=O) groups excluding carboxylic acids is 2. The summed E-state index contributed by atoms with van der Waals surface area (Å²) in [5.74, 6) is -1.14. The van der Waals surface area contributed by atoms with Crippen LogP contribution >= 0.6 is 0 Å². The van der Waals surface area contributed by atoms with Crippen LogP contribution in [0.4, 0.5) is 0 Å². The minimum absolute atomic E-state index is 0.0114. The van der Waals surface area contributed by atoms with Crippen molar-refractivity contribution >= 4 is 21.9 Å². The van der Waals surface area contributed by atoms with Crippen LogP contribution in [-0.4, -0.2) is 68.9 Å². The fourth-order valence-electron chi connectivity index (χ4n) is 4.63. The van der Waals surface area contributed by atoms with E-state index in [0.717, 1.165) is 44.9 Å². The smallest absolute Gasteiger partial charge is 0.338 e. The van der Waals surface area contributed by atoms with Crippen molar-refractivity contribution in [1.29, 1.82) is 5.26 Å². The van der Waals surface area contributed by atoms with Crippen LogP contribution in [0.2, 0.25) is 0 Å². The van der Waals surface area contributed by atoms with Gasteiger partial charge in [0.1, 0.15) is 16.2 Å². The number of amides is 1. The summed E-state index contributed by atoms with van der Waals surface area (Å²) in [7, 11) is -0.931. The zero-order valence-electron chi connectivity index (χ0n) is 19.9. The summed E-state index contributed by atoms with van der Waals surface area (Å²) in [4.78, 5) is 26.7. The molecule has 1 saturated carbocycles. The molecular formula is C24H33N3O6S. The highest BCUT2D eigenvalue weighted by atomic mass is 32.2. The number of likely N-dealkylation sites (N-methyl/N-ethyl adjacent to an activating group) is 1. The molecule has 34 heavy (non-hydrogen) atoms. The van der Waals surface area contributed by atoms with Gasteiger partial charge < -0.3 is 14.4 Å². The molecule has 0 N–H and O–H groups in total. The predicted molar refractivity (Wildman–Crippen MR) is 125 cm³/mol. The largest absolute Gasteiger partial charge is 0.495 e. The number of carbonyl (C=O) groups is 2. The number of nitrogens with zero attached hydrogens (tertiary/aromatic N) is 3. The maximum absolute atomic E-state index is 13.3. The van der Waals surface area contributed by atoms with Crippen LogP contribution in [0.15, 0.2) is 23.1 Å². The first kappa shape index (κ1) is 26.0. The number of rotatable bonds is 7. The average Bonchev–Trinajstić information content (AvgIpc) is 3.17. The van der Waals surface area contributed by atoms with E-state index in [0.29, 0.717) is 25.9 Å². The van der Waals surface area contributed by atoms with Crippen molar-refractivity contribution in [3.8, 4) is 11.8 Å². The standard InChI is InChI=1S/C24H33N3O6S/c1-26(24(18-25)12-6-5-7-13-24)22(28)17-33-23(29)19-10-11-20(32-2)21(16-19)34(30,31)27-14-8-3-4-9-15-27/h10-11,16H,3-9,12-15,17H2,1-2H3. The Kier molecular flexibility index (Phi) is 8.55. The van der Waals surface area contributed by atoms with Crippen molar-refractivity contribution in [2.45, 2.75) is 68.2 Å². The monoisotopic (exact) mass is 491 g/mol. The molecule has 0 atom stereocenters. The number of methoxy groups -OCH3 is 1. The third-order valence-corrected chi connectivity index (χ3v) is 8.73. The predicted octanol–water partition coefficient (Wildman–Crippen LogP) is 3.10. The lowest BCUT2D eigenvalue weighted by molar-refractivity contribution is -0.138. The third kappa shape index (κ3) is 5.53. The Morgan fingerprint density at radius 2 is 1.71 bits per heavy atom. The van der Waals surface area contributed by atoms with Crippen molar-refractivity contribution in [2.75, 3.05) is 33.9 Å². The van der Waals surface area contributed by atoms with Crippen LogP contribution in [0.5, 0.6) is 5.75 Å². The van der Waals surface area contributed by atoms with Crippen molar-refractivity contribution in [1.82, 2.24) is 9.21 Å². The lowest BCUT2D eigenvalue weighted by Crippen LogP contribution is -2.51. The van der Waals surface area contributed by atoms with E-state index in [1.54, 1.807) is 7.05 Å². The van der Waals surface area contributed by atoms with Gasteiger partial charge in [-0.25, -0.2) is 13.2 Å². The number of benzene rings is 1. The quantitative estimate of drug-likeness (QED) is 0.538. The lowest BCUT2D eigenvalue weighted by atomic mass is 9.81. The van der Waals surface area contributed by atoms with Gasteiger partial charge in [-0.15, -0.1) is 0 Å². The molecule has 3 rings (SSSR count). The van der Waals surface area contributed by atoms with Crippen LogP contribution < -0.4 is 4.74 Å². The van der Waals surface area contributed by atoms with Gasteiger partial charge in [0.15, 0.2) is 6.61 Å². The second kappa shape index (κ2) is 11.2. The zero-order valence-corrected chi connectivity index (χ0v) is 20.7. The van der Waals surface area contributed by atoms with Gasteiger partial charge in [-0.3, -0.25) is 4.79 Å². The third-order valence-electron chi connectivity index (χ3n) is 6.81. The molecule has 0 radical (unpaired) electrons. The molecule has 1 aliphatic carbocycles. The minimum atomic E-state index is -3.87. The lowest BCUT2D eigenvalue weighted by Gasteiger charge is -2.38. The molecule has 1 aromatic carbocycles. The van der Waals surface area contributed by atoms with E-state index in [9.17, 15) is 23.3 Å². The van der Waals surface area contributed by atoms with Crippen molar-refractivity contribution in [2.24, 2.45) is 0 Å². The zero-order chi connectivity index (χ0) is 24.8. The highest BCUT2D eigenvalue weighted by Gasteiger charge is 2.39. The number of esters is 1. The number of sulfonamides is 1.